The van der Waals surface area contributed by atoms with E-state index in [9.17, 15) is 4.79 Å². The van der Waals surface area contributed by atoms with E-state index < -0.39 is 0 Å². The minimum Gasteiger partial charge on any atom is -0.339 e. The van der Waals surface area contributed by atoms with Gasteiger partial charge in [-0.2, -0.15) is 0 Å². The summed E-state index contributed by atoms with van der Waals surface area (Å²) in [6.07, 6.45) is 3.46. The van der Waals surface area contributed by atoms with E-state index in [1.165, 1.54) is 0 Å². The highest BCUT2D eigenvalue weighted by Gasteiger charge is 2.24. The summed E-state index contributed by atoms with van der Waals surface area (Å²) >= 11 is 0. The van der Waals surface area contributed by atoms with Gasteiger partial charge in [-0.15, -0.1) is 6.58 Å². The van der Waals surface area contributed by atoms with Crippen LogP contribution in [0.15, 0.2) is 12.7 Å². The molecule has 0 aliphatic carbocycles. The Morgan fingerprint density at radius 1 is 1.89 bits per heavy atom. The number of amides is 1. The summed E-state index contributed by atoms with van der Waals surface area (Å²) in [5, 5.41) is 0. The Morgan fingerprint density at radius 3 is 2.78 bits per heavy atom. The molecule has 2 nitrogen and oxygen atoms in total. The Morgan fingerprint density at radius 2 is 2.56 bits per heavy atom. The highest BCUT2D eigenvalue weighted by atomic mass is 16.2. The van der Waals surface area contributed by atoms with E-state index in [-0.39, 0.29) is 11.9 Å². The number of carbonyl (C=O) groups is 1. The van der Waals surface area contributed by atoms with Crippen LogP contribution in [0.5, 0.6) is 0 Å². The van der Waals surface area contributed by atoms with Gasteiger partial charge in [0.2, 0.25) is 5.91 Å². The first kappa shape index (κ1) is 6.33. The van der Waals surface area contributed by atoms with Gasteiger partial charge in [0, 0.05) is 19.5 Å². The van der Waals surface area contributed by atoms with Crippen molar-refractivity contribution in [3.63, 3.8) is 0 Å². The van der Waals surface area contributed by atoms with Gasteiger partial charge >= 0.3 is 0 Å². The van der Waals surface area contributed by atoms with Crippen molar-refractivity contribution in [3.05, 3.63) is 12.7 Å². The molecule has 0 unspecified atom stereocenters. The van der Waals surface area contributed by atoms with Gasteiger partial charge in [-0.25, -0.2) is 0 Å². The minimum atomic E-state index is 0.236. The lowest BCUT2D eigenvalue weighted by atomic mass is 10.2. The van der Waals surface area contributed by atoms with Gasteiger partial charge in [-0.3, -0.25) is 4.79 Å². The third-order valence-electron chi connectivity index (χ3n) is 1.82. The quantitative estimate of drug-likeness (QED) is 0.474. The molecule has 0 aromatic carbocycles. The molecule has 1 rings (SSSR count). The fourth-order valence-electron chi connectivity index (χ4n) is 1.10. The van der Waals surface area contributed by atoms with Crippen LogP contribution in [0, 0.1) is 0 Å². The Balaban J connectivity index is 2.61. The topological polar surface area (TPSA) is 20.3 Å². The van der Waals surface area contributed by atoms with Crippen molar-refractivity contribution in [1.29, 1.82) is 0 Å². The van der Waals surface area contributed by atoms with Crippen molar-refractivity contribution in [1.82, 2.24) is 4.90 Å². The van der Waals surface area contributed by atoms with E-state index in [0.29, 0.717) is 6.42 Å². The molecule has 1 saturated heterocycles. The fourth-order valence-corrected chi connectivity index (χ4v) is 1.10. The third-order valence-corrected chi connectivity index (χ3v) is 1.82. The Hall–Kier alpha value is -0.790. The first-order valence-corrected chi connectivity index (χ1v) is 3.14. The van der Waals surface area contributed by atoms with E-state index in [1.807, 2.05) is 13.1 Å². The molecule has 0 saturated carbocycles. The maximum absolute atomic E-state index is 10.8. The van der Waals surface area contributed by atoms with Crippen LogP contribution in [0.4, 0.5) is 0 Å². The van der Waals surface area contributed by atoms with Crippen molar-refractivity contribution >= 4 is 5.91 Å². The van der Waals surface area contributed by atoms with Crippen LogP contribution >= 0.6 is 0 Å². The fraction of sp³-hybridized carbons (Fsp3) is 0.571. The van der Waals surface area contributed by atoms with Crippen molar-refractivity contribution in [2.45, 2.75) is 18.9 Å². The highest BCUT2D eigenvalue weighted by molar-refractivity contribution is 5.78. The molecule has 9 heavy (non-hydrogen) atoms. The standard InChI is InChI=1S/C7H11NO/c1-3-6-4-5-7(9)8(6)2/h3,6H,1,4-5H2,2H3/t6-/m1/s1. The zero-order valence-electron chi connectivity index (χ0n) is 5.63. The lowest BCUT2D eigenvalue weighted by Gasteiger charge is -2.14. The van der Waals surface area contributed by atoms with Crippen LogP contribution in [-0.4, -0.2) is 23.9 Å². The molecular formula is C7H11NO. The van der Waals surface area contributed by atoms with Crippen LogP contribution in [0.2, 0.25) is 0 Å². The summed E-state index contributed by atoms with van der Waals surface area (Å²) in [5.74, 6) is 0.236. The van der Waals surface area contributed by atoms with E-state index in [1.54, 1.807) is 4.90 Å². The summed E-state index contributed by atoms with van der Waals surface area (Å²) < 4.78 is 0. The molecule has 0 radical (unpaired) electrons. The Labute approximate surface area is 55.2 Å². The largest absolute Gasteiger partial charge is 0.339 e. The molecule has 2 heteroatoms. The molecule has 1 atom stereocenters. The van der Waals surface area contributed by atoms with Gasteiger partial charge in [-0.1, -0.05) is 6.08 Å². The molecule has 1 fully saturated rings. The van der Waals surface area contributed by atoms with Crippen LogP contribution < -0.4 is 0 Å². The molecule has 0 N–H and O–H groups in total. The second-order valence-electron chi connectivity index (χ2n) is 2.35. The highest BCUT2D eigenvalue weighted by Crippen LogP contribution is 2.16. The first-order chi connectivity index (χ1) is 4.25. The van der Waals surface area contributed by atoms with Gasteiger partial charge in [0.1, 0.15) is 0 Å². The van der Waals surface area contributed by atoms with Crippen LogP contribution in [0.3, 0.4) is 0 Å². The molecular weight excluding hydrogens is 114 g/mol. The number of nitrogens with zero attached hydrogens (tertiary/aromatic N) is 1. The lowest BCUT2D eigenvalue weighted by Crippen LogP contribution is -2.26. The van der Waals surface area contributed by atoms with Crippen LogP contribution in [0.25, 0.3) is 0 Å². The number of hydrogen-bond donors (Lipinski definition) is 0. The van der Waals surface area contributed by atoms with Crippen LogP contribution in [-0.2, 0) is 4.79 Å². The molecule has 1 aliphatic rings. The van der Waals surface area contributed by atoms with Crippen molar-refractivity contribution in [2.75, 3.05) is 7.05 Å². The van der Waals surface area contributed by atoms with Crippen molar-refractivity contribution in [2.24, 2.45) is 0 Å². The SMILES string of the molecule is C=C[C@@H]1CCC(=O)N1C. The summed E-state index contributed by atoms with van der Waals surface area (Å²) in [4.78, 5) is 12.6. The number of rotatable bonds is 1. The van der Waals surface area contributed by atoms with E-state index in [2.05, 4.69) is 6.58 Å². The predicted molar refractivity (Wildman–Crippen MR) is 36.0 cm³/mol. The number of hydrogen-bond acceptors (Lipinski definition) is 1. The molecule has 0 aromatic heterocycles. The monoisotopic (exact) mass is 125 g/mol. The zero-order valence-corrected chi connectivity index (χ0v) is 5.63. The van der Waals surface area contributed by atoms with E-state index in [0.717, 1.165) is 6.42 Å². The summed E-state index contributed by atoms with van der Waals surface area (Å²) in [6.45, 7) is 3.63. The average Bonchev–Trinajstić information content (AvgIpc) is 2.15. The van der Waals surface area contributed by atoms with E-state index >= 15 is 0 Å². The normalized spacial score (nSPS) is 27.0. The Kier molecular flexibility index (Phi) is 1.56. The second-order valence-corrected chi connectivity index (χ2v) is 2.35. The van der Waals surface area contributed by atoms with Crippen molar-refractivity contribution in [3.8, 4) is 0 Å². The van der Waals surface area contributed by atoms with Gasteiger partial charge in [-0.05, 0) is 6.42 Å². The molecule has 0 bridgehead atoms. The summed E-state index contributed by atoms with van der Waals surface area (Å²) in [7, 11) is 1.82. The molecule has 1 aliphatic heterocycles. The maximum Gasteiger partial charge on any atom is 0.222 e. The number of carbonyl (C=O) groups excluding carboxylic acids is 1. The summed E-state index contributed by atoms with van der Waals surface area (Å²) in [5.41, 5.74) is 0. The lowest BCUT2D eigenvalue weighted by molar-refractivity contribution is -0.127. The maximum atomic E-state index is 10.8. The third kappa shape index (κ3) is 0.969. The minimum absolute atomic E-state index is 0.236. The average molecular weight is 125 g/mol. The summed E-state index contributed by atoms with van der Waals surface area (Å²) in [6, 6.07) is 0.289. The first-order valence-electron chi connectivity index (χ1n) is 3.14. The van der Waals surface area contributed by atoms with Gasteiger partial charge in [0.25, 0.3) is 0 Å². The van der Waals surface area contributed by atoms with Crippen molar-refractivity contribution < 1.29 is 4.79 Å². The molecule has 1 amide bonds. The molecule has 0 aromatic rings. The Bertz CT molecular complexity index is 142. The van der Waals surface area contributed by atoms with Gasteiger partial charge in [0.05, 0.1) is 0 Å². The number of likely N-dealkylation sites (tertiary alicyclic amines) is 1. The zero-order chi connectivity index (χ0) is 6.85. The second kappa shape index (κ2) is 2.21. The van der Waals surface area contributed by atoms with E-state index in [4.69, 9.17) is 0 Å². The smallest absolute Gasteiger partial charge is 0.222 e. The molecule has 0 spiro atoms. The molecule has 1 heterocycles. The number of likely N-dealkylation sites (N-methyl/N-ethyl adjacent to an activating group) is 1. The molecule has 50 valence electrons. The van der Waals surface area contributed by atoms with Crippen LogP contribution in [0.1, 0.15) is 12.8 Å². The van der Waals surface area contributed by atoms with Gasteiger partial charge < -0.3 is 4.90 Å². The predicted octanol–water partition coefficient (Wildman–Crippen LogP) is 0.793. The van der Waals surface area contributed by atoms with Gasteiger partial charge in [0.15, 0.2) is 0 Å².